The summed E-state index contributed by atoms with van der Waals surface area (Å²) >= 11 is 0. The van der Waals surface area contributed by atoms with Crippen LogP contribution in [0.1, 0.15) is 37.8 Å². The van der Waals surface area contributed by atoms with Crippen molar-refractivity contribution in [3.63, 3.8) is 0 Å². The van der Waals surface area contributed by atoms with Gasteiger partial charge in [0.1, 0.15) is 0 Å². The molecule has 3 rings (SSSR count). The van der Waals surface area contributed by atoms with Gasteiger partial charge in [-0.1, -0.05) is 6.07 Å². The molecule has 2 aliphatic rings. The van der Waals surface area contributed by atoms with Crippen LogP contribution in [0.5, 0.6) is 11.5 Å². The minimum absolute atomic E-state index is 0.291. The monoisotopic (exact) mass is 277 g/mol. The molecule has 0 aromatic heterocycles. The van der Waals surface area contributed by atoms with Crippen molar-refractivity contribution in [1.29, 1.82) is 0 Å². The van der Waals surface area contributed by atoms with Gasteiger partial charge in [0.25, 0.3) is 0 Å². The van der Waals surface area contributed by atoms with E-state index in [4.69, 9.17) is 14.2 Å². The Kier molecular flexibility index (Phi) is 4.43. The summed E-state index contributed by atoms with van der Waals surface area (Å²) in [6.07, 6.45) is 3.28. The average Bonchev–Trinajstić information content (AvgIpc) is 2.72. The van der Waals surface area contributed by atoms with Crippen molar-refractivity contribution in [2.24, 2.45) is 0 Å². The van der Waals surface area contributed by atoms with Gasteiger partial charge in [-0.15, -0.1) is 0 Å². The first-order valence-electron chi connectivity index (χ1n) is 7.56. The highest BCUT2D eigenvalue weighted by Gasteiger charge is 2.18. The van der Waals surface area contributed by atoms with Gasteiger partial charge in [-0.25, -0.2) is 0 Å². The van der Waals surface area contributed by atoms with Gasteiger partial charge >= 0.3 is 0 Å². The van der Waals surface area contributed by atoms with Crippen LogP contribution in [-0.2, 0) is 4.74 Å². The Morgan fingerprint density at radius 3 is 2.75 bits per heavy atom. The fraction of sp³-hybridized carbons (Fsp3) is 0.625. The normalized spacial score (nSPS) is 23.9. The van der Waals surface area contributed by atoms with Crippen LogP contribution in [0.3, 0.4) is 0 Å². The van der Waals surface area contributed by atoms with E-state index in [2.05, 4.69) is 24.4 Å². The third-order valence-electron chi connectivity index (χ3n) is 3.92. The molecule has 0 radical (unpaired) electrons. The molecule has 0 spiro atoms. The number of hydrogen-bond acceptors (Lipinski definition) is 4. The van der Waals surface area contributed by atoms with Gasteiger partial charge in [0.2, 0.25) is 0 Å². The second-order valence-electron chi connectivity index (χ2n) is 5.56. The number of benzene rings is 1. The third kappa shape index (κ3) is 3.25. The number of rotatable bonds is 3. The second kappa shape index (κ2) is 6.46. The van der Waals surface area contributed by atoms with E-state index in [1.54, 1.807) is 0 Å². The minimum Gasteiger partial charge on any atom is -0.490 e. The van der Waals surface area contributed by atoms with Gasteiger partial charge in [-0.05, 0) is 37.5 Å². The predicted octanol–water partition coefficient (Wildman–Crippen LogP) is 2.68. The van der Waals surface area contributed by atoms with Gasteiger partial charge in [0, 0.05) is 25.1 Å². The first kappa shape index (κ1) is 13.7. The Morgan fingerprint density at radius 1 is 1.10 bits per heavy atom. The van der Waals surface area contributed by atoms with Crippen molar-refractivity contribution in [3.8, 4) is 11.5 Å². The topological polar surface area (TPSA) is 39.7 Å². The molecule has 2 atom stereocenters. The molecule has 0 bridgehead atoms. The molecule has 2 heterocycles. The van der Waals surface area contributed by atoms with E-state index in [0.29, 0.717) is 12.1 Å². The van der Waals surface area contributed by atoms with Crippen molar-refractivity contribution < 1.29 is 14.2 Å². The number of hydrogen-bond donors (Lipinski definition) is 1. The highest BCUT2D eigenvalue weighted by atomic mass is 16.5. The first-order valence-corrected chi connectivity index (χ1v) is 7.56. The largest absolute Gasteiger partial charge is 0.490 e. The lowest BCUT2D eigenvalue weighted by atomic mass is 10.0. The molecule has 0 aliphatic carbocycles. The summed E-state index contributed by atoms with van der Waals surface area (Å²) in [5, 5.41) is 3.64. The van der Waals surface area contributed by atoms with Crippen LogP contribution in [0, 0.1) is 0 Å². The molecule has 1 saturated heterocycles. The summed E-state index contributed by atoms with van der Waals surface area (Å²) < 4.78 is 16.9. The van der Waals surface area contributed by atoms with Crippen molar-refractivity contribution in [1.82, 2.24) is 5.32 Å². The number of nitrogens with one attached hydrogen (secondary N) is 1. The van der Waals surface area contributed by atoms with Crippen LogP contribution < -0.4 is 14.8 Å². The van der Waals surface area contributed by atoms with E-state index in [-0.39, 0.29) is 0 Å². The molecular formula is C16H23NO3. The molecule has 0 amide bonds. The summed E-state index contributed by atoms with van der Waals surface area (Å²) in [5.74, 6) is 1.73. The molecule has 2 unspecified atom stereocenters. The van der Waals surface area contributed by atoms with E-state index in [1.165, 1.54) is 12.0 Å². The third-order valence-corrected chi connectivity index (χ3v) is 3.92. The maximum Gasteiger partial charge on any atom is 0.161 e. The molecular weight excluding hydrogens is 254 g/mol. The van der Waals surface area contributed by atoms with E-state index in [0.717, 1.165) is 50.8 Å². The van der Waals surface area contributed by atoms with Crippen LogP contribution in [0.4, 0.5) is 0 Å². The lowest BCUT2D eigenvalue weighted by molar-refractivity contribution is 0.0671. The lowest BCUT2D eigenvalue weighted by Crippen LogP contribution is -2.38. The zero-order chi connectivity index (χ0) is 13.8. The maximum atomic E-state index is 5.75. The van der Waals surface area contributed by atoms with Crippen LogP contribution in [0.2, 0.25) is 0 Å². The first-order chi connectivity index (χ1) is 9.83. The molecule has 1 fully saturated rings. The molecule has 1 aromatic rings. The quantitative estimate of drug-likeness (QED) is 0.922. The molecule has 0 saturated carbocycles. The Balaban J connectivity index is 1.67. The van der Waals surface area contributed by atoms with E-state index in [1.807, 2.05) is 6.07 Å². The Morgan fingerprint density at radius 2 is 1.95 bits per heavy atom. The van der Waals surface area contributed by atoms with Gasteiger partial charge in [-0.3, -0.25) is 0 Å². The van der Waals surface area contributed by atoms with Gasteiger partial charge in [-0.2, -0.15) is 0 Å². The van der Waals surface area contributed by atoms with Crippen LogP contribution in [0.25, 0.3) is 0 Å². The number of ether oxygens (including phenoxy) is 3. The second-order valence-corrected chi connectivity index (χ2v) is 5.56. The van der Waals surface area contributed by atoms with Gasteiger partial charge in [0.15, 0.2) is 11.5 Å². The Hall–Kier alpha value is -1.26. The van der Waals surface area contributed by atoms with E-state index in [9.17, 15) is 0 Å². The van der Waals surface area contributed by atoms with Gasteiger partial charge < -0.3 is 19.5 Å². The van der Waals surface area contributed by atoms with Crippen LogP contribution in [0.15, 0.2) is 18.2 Å². The molecule has 110 valence electrons. The number of fused-ring (bicyclic) bond motifs is 1. The lowest BCUT2D eigenvalue weighted by Gasteiger charge is -2.27. The Labute approximate surface area is 120 Å². The minimum atomic E-state index is 0.291. The zero-order valence-electron chi connectivity index (χ0n) is 12.1. The predicted molar refractivity (Wildman–Crippen MR) is 77.4 cm³/mol. The fourth-order valence-electron chi connectivity index (χ4n) is 2.77. The average molecular weight is 277 g/mol. The maximum absolute atomic E-state index is 5.75. The van der Waals surface area contributed by atoms with Crippen molar-refractivity contribution in [3.05, 3.63) is 23.8 Å². The fourth-order valence-corrected chi connectivity index (χ4v) is 2.77. The van der Waals surface area contributed by atoms with Crippen LogP contribution >= 0.6 is 0 Å². The molecule has 1 aromatic carbocycles. The highest BCUT2D eigenvalue weighted by molar-refractivity contribution is 5.44. The van der Waals surface area contributed by atoms with Crippen molar-refractivity contribution >= 4 is 0 Å². The summed E-state index contributed by atoms with van der Waals surface area (Å²) in [5.41, 5.74) is 1.24. The summed E-state index contributed by atoms with van der Waals surface area (Å²) in [4.78, 5) is 0. The Bertz CT molecular complexity index is 443. The molecule has 4 heteroatoms. The van der Waals surface area contributed by atoms with Gasteiger partial charge in [0.05, 0.1) is 19.8 Å². The summed E-state index contributed by atoms with van der Waals surface area (Å²) in [7, 11) is 0. The molecule has 2 aliphatic heterocycles. The van der Waals surface area contributed by atoms with E-state index < -0.39 is 0 Å². The SMILES string of the molecule is CC(NC1CCCOC1)c1ccc2c(c1)OCCCO2. The van der Waals surface area contributed by atoms with E-state index >= 15 is 0 Å². The highest BCUT2D eigenvalue weighted by Crippen LogP contribution is 2.32. The van der Waals surface area contributed by atoms with Crippen LogP contribution in [-0.4, -0.2) is 32.5 Å². The molecule has 1 N–H and O–H groups in total. The summed E-state index contributed by atoms with van der Waals surface area (Å²) in [6, 6.07) is 6.98. The standard InChI is InChI=1S/C16H23NO3/c1-12(17-14-4-2-7-18-11-14)13-5-6-15-16(10-13)20-9-3-8-19-15/h5-6,10,12,14,17H,2-4,7-9,11H2,1H3. The van der Waals surface area contributed by atoms with Crippen molar-refractivity contribution in [2.75, 3.05) is 26.4 Å². The zero-order valence-corrected chi connectivity index (χ0v) is 12.1. The molecule has 20 heavy (non-hydrogen) atoms. The van der Waals surface area contributed by atoms with Crippen molar-refractivity contribution in [2.45, 2.75) is 38.3 Å². The molecule has 4 nitrogen and oxygen atoms in total. The summed E-state index contributed by atoms with van der Waals surface area (Å²) in [6.45, 7) is 5.37. The smallest absolute Gasteiger partial charge is 0.161 e.